The van der Waals surface area contributed by atoms with Gasteiger partial charge in [0.25, 0.3) is 0 Å². The number of hydrogen-bond acceptors (Lipinski definition) is 4. The summed E-state index contributed by atoms with van der Waals surface area (Å²) in [5.41, 5.74) is 8.37. The van der Waals surface area contributed by atoms with Gasteiger partial charge in [-0.2, -0.15) is 0 Å². The highest BCUT2D eigenvalue weighted by molar-refractivity contribution is 5.86. The molecule has 0 bridgehead atoms. The average molecular weight is 218 g/mol. The van der Waals surface area contributed by atoms with E-state index < -0.39 is 0 Å². The van der Waals surface area contributed by atoms with Gasteiger partial charge in [0.1, 0.15) is 11.0 Å². The highest BCUT2D eigenvalue weighted by Crippen LogP contribution is 2.27. The van der Waals surface area contributed by atoms with Crippen LogP contribution in [-0.2, 0) is 4.74 Å². The first kappa shape index (κ1) is 9.59. The van der Waals surface area contributed by atoms with Crippen molar-refractivity contribution in [2.45, 2.75) is 25.5 Å². The number of benzene rings is 1. The van der Waals surface area contributed by atoms with Gasteiger partial charge in [-0.1, -0.05) is 11.3 Å². The predicted molar refractivity (Wildman–Crippen MR) is 60.8 cm³/mol. The smallest absolute Gasteiger partial charge is 0.152 e. The van der Waals surface area contributed by atoms with Gasteiger partial charge in [-0.15, -0.1) is 5.10 Å². The molecule has 1 saturated heterocycles. The molecule has 2 N–H and O–H groups in total. The summed E-state index contributed by atoms with van der Waals surface area (Å²) in [6, 6.07) is 5.67. The SMILES string of the molecule is Nc1cccc2nnn(C3CCCCO3)c12. The molecule has 5 nitrogen and oxygen atoms in total. The fraction of sp³-hybridized carbons (Fsp3) is 0.455. The number of rotatable bonds is 1. The van der Waals surface area contributed by atoms with Gasteiger partial charge in [0.2, 0.25) is 0 Å². The fourth-order valence-corrected chi connectivity index (χ4v) is 2.14. The van der Waals surface area contributed by atoms with E-state index in [1.54, 1.807) is 0 Å². The Labute approximate surface area is 93.2 Å². The molecule has 1 fully saturated rings. The van der Waals surface area contributed by atoms with Crippen molar-refractivity contribution >= 4 is 16.7 Å². The zero-order valence-electron chi connectivity index (χ0n) is 8.97. The summed E-state index contributed by atoms with van der Waals surface area (Å²) < 4.78 is 7.50. The van der Waals surface area contributed by atoms with Crippen LogP contribution in [0.25, 0.3) is 11.0 Å². The van der Waals surface area contributed by atoms with Crippen molar-refractivity contribution in [2.24, 2.45) is 0 Å². The van der Waals surface area contributed by atoms with E-state index in [9.17, 15) is 0 Å². The second kappa shape index (κ2) is 3.75. The summed E-state index contributed by atoms with van der Waals surface area (Å²) in [6.45, 7) is 0.790. The number of nitrogens with two attached hydrogens (primary N) is 1. The van der Waals surface area contributed by atoms with Crippen molar-refractivity contribution in [3.63, 3.8) is 0 Å². The van der Waals surface area contributed by atoms with Crippen molar-refractivity contribution in [1.29, 1.82) is 0 Å². The summed E-state index contributed by atoms with van der Waals surface area (Å²) in [6.07, 6.45) is 3.26. The standard InChI is InChI=1S/C11H14N4O/c12-8-4-3-5-9-11(8)15(14-13-9)10-6-1-2-7-16-10/h3-5,10H,1-2,6-7,12H2. The topological polar surface area (TPSA) is 66.0 Å². The highest BCUT2D eigenvalue weighted by Gasteiger charge is 2.20. The van der Waals surface area contributed by atoms with Crippen LogP contribution in [0.3, 0.4) is 0 Å². The van der Waals surface area contributed by atoms with Crippen LogP contribution in [0, 0.1) is 0 Å². The Hall–Kier alpha value is -1.62. The van der Waals surface area contributed by atoms with Crippen LogP contribution in [0.5, 0.6) is 0 Å². The number of aromatic nitrogens is 3. The summed E-state index contributed by atoms with van der Waals surface area (Å²) in [5.74, 6) is 0. The van der Waals surface area contributed by atoms with Crippen molar-refractivity contribution in [3.05, 3.63) is 18.2 Å². The average Bonchev–Trinajstić information content (AvgIpc) is 2.75. The van der Waals surface area contributed by atoms with Gasteiger partial charge >= 0.3 is 0 Å². The first-order valence-electron chi connectivity index (χ1n) is 5.57. The second-order valence-electron chi connectivity index (χ2n) is 4.07. The second-order valence-corrected chi connectivity index (χ2v) is 4.07. The summed E-state index contributed by atoms with van der Waals surface area (Å²) in [4.78, 5) is 0. The molecule has 1 atom stereocenters. The number of nitrogen functional groups attached to an aromatic ring is 1. The molecule has 5 heteroatoms. The molecule has 0 radical (unpaired) electrons. The van der Waals surface area contributed by atoms with E-state index in [1.807, 2.05) is 22.9 Å². The third-order valence-corrected chi connectivity index (χ3v) is 2.95. The van der Waals surface area contributed by atoms with Crippen LogP contribution in [0.1, 0.15) is 25.5 Å². The molecule has 0 amide bonds. The van der Waals surface area contributed by atoms with Crippen LogP contribution >= 0.6 is 0 Å². The van der Waals surface area contributed by atoms with E-state index in [4.69, 9.17) is 10.5 Å². The molecule has 1 aliphatic rings. The van der Waals surface area contributed by atoms with Gasteiger partial charge in [0.05, 0.1) is 5.69 Å². The van der Waals surface area contributed by atoms with E-state index in [0.29, 0.717) is 5.69 Å². The number of hydrogen-bond donors (Lipinski definition) is 1. The molecule has 1 aromatic carbocycles. The predicted octanol–water partition coefficient (Wildman–Crippen LogP) is 1.71. The first-order chi connectivity index (χ1) is 7.86. The number of anilines is 1. The van der Waals surface area contributed by atoms with E-state index in [2.05, 4.69) is 10.3 Å². The van der Waals surface area contributed by atoms with Crippen LogP contribution in [0.15, 0.2) is 18.2 Å². The number of ether oxygens (including phenoxy) is 1. The Morgan fingerprint density at radius 3 is 3.12 bits per heavy atom. The summed E-state index contributed by atoms with van der Waals surface area (Å²) in [5, 5.41) is 8.25. The minimum Gasteiger partial charge on any atom is -0.397 e. The van der Waals surface area contributed by atoms with Gasteiger partial charge in [0.15, 0.2) is 6.23 Å². The maximum Gasteiger partial charge on any atom is 0.152 e. The lowest BCUT2D eigenvalue weighted by atomic mass is 10.2. The zero-order chi connectivity index (χ0) is 11.0. The van der Waals surface area contributed by atoms with E-state index in [0.717, 1.165) is 30.5 Å². The molecule has 1 aliphatic heterocycles. The van der Waals surface area contributed by atoms with Crippen molar-refractivity contribution in [1.82, 2.24) is 15.0 Å². The molecule has 2 heterocycles. The van der Waals surface area contributed by atoms with Crippen LogP contribution in [-0.4, -0.2) is 21.6 Å². The molecular formula is C11H14N4O. The number of para-hydroxylation sites is 1. The van der Waals surface area contributed by atoms with Gasteiger partial charge in [0, 0.05) is 6.61 Å². The molecule has 84 valence electrons. The Bertz CT molecular complexity index is 502. The minimum absolute atomic E-state index is 0.0107. The van der Waals surface area contributed by atoms with Crippen LogP contribution in [0.2, 0.25) is 0 Å². The normalized spacial score (nSPS) is 21.4. The van der Waals surface area contributed by atoms with Gasteiger partial charge < -0.3 is 10.5 Å². The summed E-state index contributed by atoms with van der Waals surface area (Å²) in [7, 11) is 0. The zero-order valence-corrected chi connectivity index (χ0v) is 8.97. The lowest BCUT2D eigenvalue weighted by molar-refractivity contribution is -0.0376. The highest BCUT2D eigenvalue weighted by atomic mass is 16.5. The Morgan fingerprint density at radius 1 is 1.38 bits per heavy atom. The van der Waals surface area contributed by atoms with Gasteiger partial charge in [-0.05, 0) is 31.4 Å². The Balaban J connectivity index is 2.09. The molecule has 0 spiro atoms. The molecule has 0 aliphatic carbocycles. The minimum atomic E-state index is -0.0107. The van der Waals surface area contributed by atoms with Crippen LogP contribution in [0.4, 0.5) is 5.69 Å². The molecule has 2 aromatic rings. The Kier molecular flexibility index (Phi) is 2.25. The monoisotopic (exact) mass is 218 g/mol. The van der Waals surface area contributed by atoms with Crippen LogP contribution < -0.4 is 5.73 Å². The van der Waals surface area contributed by atoms with Gasteiger partial charge in [-0.25, -0.2) is 4.68 Å². The van der Waals surface area contributed by atoms with Crippen molar-refractivity contribution in [3.8, 4) is 0 Å². The lowest BCUT2D eigenvalue weighted by Crippen LogP contribution is -2.19. The molecule has 16 heavy (non-hydrogen) atoms. The number of nitrogens with zero attached hydrogens (tertiary/aromatic N) is 3. The van der Waals surface area contributed by atoms with E-state index in [-0.39, 0.29) is 6.23 Å². The third kappa shape index (κ3) is 1.44. The molecule has 0 saturated carbocycles. The third-order valence-electron chi connectivity index (χ3n) is 2.95. The fourth-order valence-electron chi connectivity index (χ4n) is 2.14. The maximum atomic E-state index is 5.95. The lowest BCUT2D eigenvalue weighted by Gasteiger charge is -2.22. The van der Waals surface area contributed by atoms with E-state index in [1.165, 1.54) is 6.42 Å². The first-order valence-corrected chi connectivity index (χ1v) is 5.57. The molecule has 3 rings (SSSR count). The molecule has 1 unspecified atom stereocenters. The van der Waals surface area contributed by atoms with E-state index >= 15 is 0 Å². The molecule has 1 aromatic heterocycles. The maximum absolute atomic E-state index is 5.95. The number of fused-ring (bicyclic) bond motifs is 1. The van der Waals surface area contributed by atoms with Crippen molar-refractivity contribution in [2.75, 3.05) is 12.3 Å². The van der Waals surface area contributed by atoms with Crippen molar-refractivity contribution < 1.29 is 4.74 Å². The van der Waals surface area contributed by atoms with Gasteiger partial charge in [-0.3, -0.25) is 0 Å². The largest absolute Gasteiger partial charge is 0.397 e. The Morgan fingerprint density at radius 2 is 2.31 bits per heavy atom. The molecular weight excluding hydrogens is 204 g/mol. The quantitative estimate of drug-likeness (QED) is 0.740. The summed E-state index contributed by atoms with van der Waals surface area (Å²) >= 11 is 0.